The third-order valence-electron chi connectivity index (χ3n) is 2.59. The first-order valence-corrected chi connectivity index (χ1v) is 5.12. The van der Waals surface area contributed by atoms with Gasteiger partial charge in [-0.1, -0.05) is 6.07 Å². The van der Waals surface area contributed by atoms with Crippen LogP contribution in [0.25, 0.3) is 22.2 Å². The summed E-state index contributed by atoms with van der Waals surface area (Å²) in [6.45, 7) is 0. The summed E-state index contributed by atoms with van der Waals surface area (Å²) in [5.74, 6) is 0.421. The van der Waals surface area contributed by atoms with E-state index in [-0.39, 0.29) is 5.75 Å². The van der Waals surface area contributed by atoms with E-state index < -0.39 is 0 Å². The molecule has 3 aromatic rings. The number of aromatic nitrogens is 3. The Morgan fingerprint density at radius 2 is 2.12 bits per heavy atom. The summed E-state index contributed by atoms with van der Waals surface area (Å²) >= 11 is 0. The molecule has 0 unspecified atom stereocenters. The van der Waals surface area contributed by atoms with Gasteiger partial charge < -0.3 is 15.8 Å². The van der Waals surface area contributed by atoms with Crippen molar-refractivity contribution in [3.63, 3.8) is 0 Å². The summed E-state index contributed by atoms with van der Waals surface area (Å²) in [7, 11) is 0. The van der Waals surface area contributed by atoms with E-state index in [1.165, 1.54) is 0 Å². The van der Waals surface area contributed by atoms with Crippen molar-refractivity contribution in [1.82, 2.24) is 15.0 Å². The number of nitrogens with one attached hydrogen (secondary N) is 1. The van der Waals surface area contributed by atoms with Gasteiger partial charge in [0.25, 0.3) is 0 Å². The second-order valence-electron chi connectivity index (χ2n) is 3.75. The number of hydrogen-bond donors (Lipinski definition) is 3. The molecule has 0 radical (unpaired) electrons. The second-order valence-corrected chi connectivity index (χ2v) is 3.75. The molecule has 0 fully saturated rings. The number of nitrogens with zero attached hydrogens (tertiary/aromatic N) is 2. The topological polar surface area (TPSA) is 87.8 Å². The number of rotatable bonds is 1. The quantitative estimate of drug-likeness (QED) is 0.591. The van der Waals surface area contributed by atoms with Crippen molar-refractivity contribution in [1.29, 1.82) is 0 Å². The average molecular weight is 226 g/mol. The Morgan fingerprint density at radius 1 is 1.24 bits per heavy atom. The van der Waals surface area contributed by atoms with Crippen LogP contribution in [0.5, 0.6) is 5.75 Å². The number of hydrogen-bond acceptors (Lipinski definition) is 4. The van der Waals surface area contributed by atoms with E-state index in [0.717, 1.165) is 11.1 Å². The number of H-pyrrole nitrogens is 1. The molecule has 5 heteroatoms. The molecule has 0 amide bonds. The lowest BCUT2D eigenvalue weighted by molar-refractivity contribution is 0.481. The Balaban J connectivity index is 2.25. The molecular formula is C12H10N4O. The fourth-order valence-corrected chi connectivity index (χ4v) is 1.81. The van der Waals surface area contributed by atoms with Crippen molar-refractivity contribution in [3.05, 3.63) is 36.7 Å². The molecule has 0 saturated carbocycles. The molecule has 3 rings (SSSR count). The number of phenols is 1. The van der Waals surface area contributed by atoms with E-state index in [1.807, 2.05) is 18.2 Å². The maximum absolute atomic E-state index is 9.88. The fraction of sp³-hybridized carbons (Fsp3) is 0. The summed E-state index contributed by atoms with van der Waals surface area (Å²) in [5, 5.41) is 9.88. The number of aromatic hydroxyl groups is 1. The van der Waals surface area contributed by atoms with Crippen LogP contribution in [0.15, 0.2) is 36.7 Å². The molecular weight excluding hydrogens is 216 g/mol. The third kappa shape index (κ3) is 1.57. The normalized spacial score (nSPS) is 10.8. The van der Waals surface area contributed by atoms with Crippen molar-refractivity contribution < 1.29 is 5.11 Å². The summed E-state index contributed by atoms with van der Waals surface area (Å²) in [6.07, 6.45) is 3.44. The van der Waals surface area contributed by atoms with Gasteiger partial charge in [-0.3, -0.25) is 4.98 Å². The molecule has 2 heterocycles. The van der Waals surface area contributed by atoms with Crippen LogP contribution in [-0.4, -0.2) is 20.1 Å². The van der Waals surface area contributed by atoms with Gasteiger partial charge in [-0.2, -0.15) is 0 Å². The van der Waals surface area contributed by atoms with Crippen LogP contribution >= 0.6 is 0 Å². The van der Waals surface area contributed by atoms with E-state index in [9.17, 15) is 5.11 Å². The Morgan fingerprint density at radius 3 is 2.88 bits per heavy atom. The van der Waals surface area contributed by atoms with Crippen LogP contribution in [0.3, 0.4) is 0 Å². The molecule has 17 heavy (non-hydrogen) atoms. The van der Waals surface area contributed by atoms with Crippen molar-refractivity contribution in [2.45, 2.75) is 0 Å². The van der Waals surface area contributed by atoms with Crippen molar-refractivity contribution >= 4 is 17.0 Å². The zero-order valence-electron chi connectivity index (χ0n) is 8.88. The number of phenolic OH excluding ortho intramolecular Hbond substituents is 1. The van der Waals surface area contributed by atoms with Gasteiger partial charge in [-0.05, 0) is 23.8 Å². The monoisotopic (exact) mass is 226 g/mol. The summed E-state index contributed by atoms with van der Waals surface area (Å²) in [4.78, 5) is 10.9. The second kappa shape index (κ2) is 3.48. The smallest absolute Gasteiger partial charge is 0.198 e. The Kier molecular flexibility index (Phi) is 1.98. The van der Waals surface area contributed by atoms with Crippen LogP contribution in [-0.2, 0) is 0 Å². The highest BCUT2D eigenvalue weighted by molar-refractivity contribution is 5.88. The van der Waals surface area contributed by atoms with Crippen LogP contribution in [0.2, 0.25) is 0 Å². The first kappa shape index (κ1) is 9.65. The maximum Gasteiger partial charge on any atom is 0.198 e. The van der Waals surface area contributed by atoms with Crippen LogP contribution < -0.4 is 5.73 Å². The highest BCUT2D eigenvalue weighted by Gasteiger charge is 2.08. The van der Waals surface area contributed by atoms with Gasteiger partial charge in [-0.15, -0.1) is 0 Å². The SMILES string of the molecule is Nc1nc2cc(-c3cccnc3)cc(O)c2[nH]1. The van der Waals surface area contributed by atoms with Crippen molar-refractivity contribution in [2.75, 3.05) is 5.73 Å². The van der Waals surface area contributed by atoms with Gasteiger partial charge in [-0.25, -0.2) is 4.98 Å². The molecule has 0 saturated heterocycles. The Labute approximate surface area is 97.0 Å². The number of imidazole rings is 1. The number of anilines is 1. The van der Waals surface area contributed by atoms with E-state index in [0.29, 0.717) is 17.0 Å². The maximum atomic E-state index is 9.88. The minimum Gasteiger partial charge on any atom is -0.506 e. The largest absolute Gasteiger partial charge is 0.506 e. The van der Waals surface area contributed by atoms with Crippen molar-refractivity contribution in [3.8, 4) is 16.9 Å². The summed E-state index contributed by atoms with van der Waals surface area (Å²) in [6, 6.07) is 7.29. The molecule has 0 atom stereocenters. The minimum atomic E-state index is 0.130. The van der Waals surface area contributed by atoms with Gasteiger partial charge in [0.2, 0.25) is 0 Å². The number of pyridine rings is 1. The molecule has 5 nitrogen and oxygen atoms in total. The molecule has 2 aromatic heterocycles. The highest BCUT2D eigenvalue weighted by atomic mass is 16.3. The van der Waals surface area contributed by atoms with Gasteiger partial charge in [0, 0.05) is 18.0 Å². The Hall–Kier alpha value is -2.56. The van der Waals surface area contributed by atoms with E-state index in [1.54, 1.807) is 18.5 Å². The first-order valence-electron chi connectivity index (χ1n) is 5.12. The molecule has 84 valence electrons. The fourth-order valence-electron chi connectivity index (χ4n) is 1.81. The predicted molar refractivity (Wildman–Crippen MR) is 65.4 cm³/mol. The number of fused-ring (bicyclic) bond motifs is 1. The Bertz CT molecular complexity index is 676. The van der Waals surface area contributed by atoms with E-state index in [4.69, 9.17) is 5.73 Å². The molecule has 0 spiro atoms. The lowest BCUT2D eigenvalue weighted by Crippen LogP contribution is -1.84. The third-order valence-corrected chi connectivity index (χ3v) is 2.59. The molecule has 0 aliphatic carbocycles. The van der Waals surface area contributed by atoms with E-state index >= 15 is 0 Å². The predicted octanol–water partition coefficient (Wildman–Crippen LogP) is 1.91. The molecule has 0 aliphatic heterocycles. The molecule has 4 N–H and O–H groups in total. The van der Waals surface area contributed by atoms with Crippen LogP contribution in [0.4, 0.5) is 5.95 Å². The van der Waals surface area contributed by atoms with Gasteiger partial charge in [0.1, 0.15) is 11.3 Å². The van der Waals surface area contributed by atoms with Crippen LogP contribution in [0.1, 0.15) is 0 Å². The first-order chi connectivity index (χ1) is 8.24. The van der Waals surface area contributed by atoms with E-state index in [2.05, 4.69) is 15.0 Å². The average Bonchev–Trinajstić information content (AvgIpc) is 2.71. The highest BCUT2D eigenvalue weighted by Crippen LogP contribution is 2.30. The standard InChI is InChI=1S/C12H10N4O/c13-12-15-9-4-8(5-10(17)11(9)16-12)7-2-1-3-14-6-7/h1-6,17H,(H3,13,15,16). The lowest BCUT2D eigenvalue weighted by atomic mass is 10.1. The number of nitrogen functional groups attached to an aromatic ring is 1. The molecule has 0 bridgehead atoms. The summed E-state index contributed by atoms with van der Waals surface area (Å²) < 4.78 is 0. The van der Waals surface area contributed by atoms with Crippen molar-refractivity contribution in [2.24, 2.45) is 0 Å². The zero-order valence-corrected chi connectivity index (χ0v) is 8.88. The number of nitrogens with two attached hydrogens (primary N) is 1. The lowest BCUT2D eigenvalue weighted by Gasteiger charge is -2.02. The van der Waals surface area contributed by atoms with Gasteiger partial charge >= 0.3 is 0 Å². The zero-order chi connectivity index (χ0) is 11.8. The number of benzene rings is 1. The van der Waals surface area contributed by atoms with Crippen LogP contribution in [0, 0.1) is 0 Å². The molecule has 1 aromatic carbocycles. The van der Waals surface area contributed by atoms with Gasteiger partial charge in [0.15, 0.2) is 5.95 Å². The molecule has 0 aliphatic rings. The summed E-state index contributed by atoms with van der Waals surface area (Å²) in [5.41, 5.74) is 8.53. The van der Waals surface area contributed by atoms with Gasteiger partial charge in [0.05, 0.1) is 5.52 Å². The minimum absolute atomic E-state index is 0.130. The number of aromatic amines is 1.